The van der Waals surface area contributed by atoms with Gasteiger partial charge in [-0.05, 0) is 64.1 Å². The molecule has 6 nitrogen and oxygen atoms in total. The third-order valence-corrected chi connectivity index (χ3v) is 5.96. The number of hydrogen-bond donors (Lipinski definition) is 2. The van der Waals surface area contributed by atoms with Crippen LogP contribution in [0.3, 0.4) is 0 Å². The monoisotopic (exact) mass is 544 g/mol. The molecule has 37 heavy (non-hydrogen) atoms. The van der Waals surface area contributed by atoms with E-state index < -0.39 is 11.2 Å². The summed E-state index contributed by atoms with van der Waals surface area (Å²) in [6.07, 6.45) is 11.2. The van der Waals surface area contributed by atoms with Crippen LogP contribution < -0.4 is 9.47 Å². The number of phenols is 2. The second-order valence-corrected chi connectivity index (χ2v) is 9.98. The van der Waals surface area contributed by atoms with Gasteiger partial charge in [0.1, 0.15) is 34.2 Å². The molecule has 0 aliphatic carbocycles. The fourth-order valence-electron chi connectivity index (χ4n) is 4.03. The van der Waals surface area contributed by atoms with Crippen LogP contribution in [0.25, 0.3) is 12.2 Å². The van der Waals surface area contributed by atoms with Crippen LogP contribution in [0, 0.1) is 0 Å². The van der Waals surface area contributed by atoms with Crippen molar-refractivity contribution in [1.29, 1.82) is 0 Å². The van der Waals surface area contributed by atoms with E-state index in [0.717, 1.165) is 11.1 Å². The average molecular weight is 546 g/mol. The van der Waals surface area contributed by atoms with Crippen LogP contribution in [0.5, 0.6) is 23.0 Å². The zero-order valence-electron chi connectivity index (χ0n) is 21.4. The molecule has 0 bridgehead atoms. The van der Waals surface area contributed by atoms with Gasteiger partial charge in [-0.25, -0.2) is 0 Å². The number of para-hydroxylation sites is 2. The molecule has 0 unspecified atom stereocenters. The maximum atomic E-state index is 10.5. The maximum absolute atomic E-state index is 10.5. The van der Waals surface area contributed by atoms with Crippen LogP contribution in [-0.4, -0.2) is 33.8 Å². The minimum atomic E-state index is -0.418. The topological polar surface area (TPSA) is 83.6 Å². The molecular formula is C30H28N2O4Zn. The SMILES string of the molecule is CC1(C)C=Cc2cc(C=Nc3ccccc3N=Cc3cc4c(cc3O)OC(C)(C)C=C4)c(O)cc2O1.[Zn]. The standard InChI is InChI=1S/C30H28N2O4.Zn/c1-29(2)11-9-19-13-21(25(33)15-27(19)35-29)17-31-23-7-5-6-8-24(23)32-18-22-14-20-10-12-30(3,4)36-28(20)16-26(22)34;/h5-18,33-34H,1-4H3;. The van der Waals surface area contributed by atoms with Crippen molar-refractivity contribution < 1.29 is 39.2 Å². The molecule has 0 spiro atoms. The minimum absolute atomic E-state index is 0. The molecule has 0 atom stereocenters. The summed E-state index contributed by atoms with van der Waals surface area (Å²) in [4.78, 5) is 9.16. The van der Waals surface area contributed by atoms with Crippen molar-refractivity contribution in [2.45, 2.75) is 38.9 Å². The molecular weight excluding hydrogens is 518 g/mol. The zero-order valence-corrected chi connectivity index (χ0v) is 24.4. The number of aromatic hydroxyl groups is 2. The third kappa shape index (κ3) is 5.83. The van der Waals surface area contributed by atoms with Crippen LogP contribution in [-0.2, 0) is 19.5 Å². The molecule has 0 saturated heterocycles. The second kappa shape index (κ2) is 9.99. The van der Waals surface area contributed by atoms with E-state index in [0.29, 0.717) is 34.0 Å². The normalized spacial score (nSPS) is 16.5. The molecule has 2 heterocycles. The molecule has 3 aromatic rings. The van der Waals surface area contributed by atoms with E-state index in [2.05, 4.69) is 9.98 Å². The number of ether oxygens (including phenoxy) is 2. The van der Waals surface area contributed by atoms with Crippen molar-refractivity contribution in [3.63, 3.8) is 0 Å². The number of phenolic OH excluding ortho intramolecular Hbond substituents is 2. The maximum Gasteiger partial charge on any atom is 0.131 e. The third-order valence-electron chi connectivity index (χ3n) is 5.96. The van der Waals surface area contributed by atoms with Gasteiger partial charge in [-0.3, -0.25) is 9.98 Å². The Hall–Kier alpha value is -3.70. The van der Waals surface area contributed by atoms with Crippen LogP contribution in [0.2, 0.25) is 0 Å². The van der Waals surface area contributed by atoms with Gasteiger partial charge in [0.15, 0.2) is 0 Å². The van der Waals surface area contributed by atoms with Gasteiger partial charge in [0.25, 0.3) is 0 Å². The molecule has 0 radical (unpaired) electrons. The first-order chi connectivity index (χ1) is 17.1. The molecule has 0 fully saturated rings. The smallest absolute Gasteiger partial charge is 0.131 e. The van der Waals surface area contributed by atoms with Gasteiger partial charge in [0.05, 0.1) is 11.4 Å². The minimum Gasteiger partial charge on any atom is -0.507 e. The fraction of sp³-hybridized carbons (Fsp3) is 0.200. The molecule has 184 valence electrons. The first-order valence-corrected chi connectivity index (χ1v) is 11.8. The van der Waals surface area contributed by atoms with Crippen LogP contribution in [0.4, 0.5) is 11.4 Å². The van der Waals surface area contributed by atoms with E-state index in [9.17, 15) is 10.2 Å². The molecule has 2 aliphatic rings. The predicted octanol–water partition coefficient (Wildman–Crippen LogP) is 6.96. The number of nitrogens with zero attached hydrogens (tertiary/aromatic N) is 2. The van der Waals surface area contributed by atoms with Crippen molar-refractivity contribution in [3.8, 4) is 23.0 Å². The summed E-state index contributed by atoms with van der Waals surface area (Å²) in [6, 6.07) is 14.3. The van der Waals surface area contributed by atoms with Gasteiger partial charge in [0.2, 0.25) is 0 Å². The Morgan fingerprint density at radius 3 is 1.49 bits per heavy atom. The van der Waals surface area contributed by atoms with Crippen molar-refractivity contribution in [2.24, 2.45) is 9.98 Å². The summed E-state index contributed by atoms with van der Waals surface area (Å²) in [5.74, 6) is 1.44. The van der Waals surface area contributed by atoms with E-state index in [-0.39, 0.29) is 31.0 Å². The summed E-state index contributed by atoms with van der Waals surface area (Å²) < 4.78 is 11.8. The molecule has 7 heteroatoms. The Balaban J connectivity index is 0.00000320. The quantitative estimate of drug-likeness (QED) is 0.274. The van der Waals surface area contributed by atoms with Crippen molar-refractivity contribution in [2.75, 3.05) is 0 Å². The van der Waals surface area contributed by atoms with Gasteiger partial charge in [-0.2, -0.15) is 0 Å². The van der Waals surface area contributed by atoms with Crippen molar-refractivity contribution >= 4 is 36.0 Å². The molecule has 0 amide bonds. The van der Waals surface area contributed by atoms with Gasteiger partial charge >= 0.3 is 0 Å². The number of fused-ring (bicyclic) bond motifs is 2. The Morgan fingerprint density at radius 2 is 1.08 bits per heavy atom. The van der Waals surface area contributed by atoms with E-state index in [1.807, 2.05) is 88.4 Å². The Morgan fingerprint density at radius 1 is 0.676 bits per heavy atom. The second-order valence-electron chi connectivity index (χ2n) is 9.98. The zero-order chi connectivity index (χ0) is 25.5. The first-order valence-electron chi connectivity index (χ1n) is 11.8. The number of aliphatic imine (C=N–C) groups is 2. The number of hydrogen-bond acceptors (Lipinski definition) is 6. The van der Waals surface area contributed by atoms with E-state index in [1.54, 1.807) is 24.6 Å². The van der Waals surface area contributed by atoms with Crippen LogP contribution in [0.1, 0.15) is 49.9 Å². The molecule has 2 aliphatic heterocycles. The Kier molecular flexibility index (Phi) is 7.12. The van der Waals surface area contributed by atoms with E-state index in [4.69, 9.17) is 9.47 Å². The summed E-state index contributed by atoms with van der Waals surface area (Å²) in [6.45, 7) is 7.85. The van der Waals surface area contributed by atoms with E-state index >= 15 is 0 Å². The van der Waals surface area contributed by atoms with Crippen LogP contribution in [0.15, 0.2) is 70.7 Å². The molecule has 0 aromatic heterocycles. The van der Waals surface area contributed by atoms with Gasteiger partial charge in [-0.15, -0.1) is 0 Å². The molecule has 2 N–H and O–H groups in total. The van der Waals surface area contributed by atoms with E-state index in [1.165, 1.54) is 0 Å². The summed E-state index contributed by atoms with van der Waals surface area (Å²) in [5.41, 5.74) is 3.32. The van der Waals surface area contributed by atoms with Gasteiger partial charge in [-0.1, -0.05) is 24.3 Å². The largest absolute Gasteiger partial charge is 0.507 e. The molecule has 0 saturated carbocycles. The fourth-order valence-corrected chi connectivity index (χ4v) is 4.03. The number of benzene rings is 3. The predicted molar refractivity (Wildman–Crippen MR) is 145 cm³/mol. The first kappa shape index (κ1) is 26.4. The Bertz CT molecular complexity index is 1360. The van der Waals surface area contributed by atoms with Gasteiger partial charge in [0, 0.05) is 66.3 Å². The summed E-state index contributed by atoms with van der Waals surface area (Å²) in [5, 5.41) is 21.1. The van der Waals surface area contributed by atoms with Crippen LogP contribution >= 0.6 is 0 Å². The molecule has 3 aromatic carbocycles. The number of rotatable bonds is 4. The summed E-state index contributed by atoms with van der Waals surface area (Å²) in [7, 11) is 0. The van der Waals surface area contributed by atoms with Gasteiger partial charge < -0.3 is 19.7 Å². The average Bonchev–Trinajstić information content (AvgIpc) is 2.81. The van der Waals surface area contributed by atoms with Crippen molar-refractivity contribution in [1.82, 2.24) is 0 Å². The molecule has 5 rings (SSSR count). The Labute approximate surface area is 229 Å². The summed E-state index contributed by atoms with van der Waals surface area (Å²) >= 11 is 0. The van der Waals surface area contributed by atoms with Crippen molar-refractivity contribution in [3.05, 3.63) is 82.9 Å².